The van der Waals surface area contributed by atoms with E-state index in [0.717, 1.165) is 21.4 Å². The van der Waals surface area contributed by atoms with Crippen LogP contribution in [-0.4, -0.2) is 17.4 Å². The lowest BCUT2D eigenvalue weighted by Gasteiger charge is -2.19. The first-order chi connectivity index (χ1) is 10.7. The van der Waals surface area contributed by atoms with Crippen LogP contribution in [0.1, 0.15) is 21.0 Å². The summed E-state index contributed by atoms with van der Waals surface area (Å²) >= 11 is 1.64. The molecule has 3 nitrogen and oxygen atoms in total. The minimum absolute atomic E-state index is 0.0954. The molecule has 1 amide bonds. The van der Waals surface area contributed by atoms with Gasteiger partial charge in [0.15, 0.2) is 5.76 Å². The smallest absolute Gasteiger partial charge is 0.290 e. The van der Waals surface area contributed by atoms with Crippen LogP contribution in [0.25, 0.3) is 11.0 Å². The first-order valence-corrected chi connectivity index (χ1v) is 7.99. The molecule has 0 atom stereocenters. The van der Waals surface area contributed by atoms with E-state index in [2.05, 4.69) is 6.58 Å². The van der Waals surface area contributed by atoms with Gasteiger partial charge in [0.05, 0.1) is 6.54 Å². The van der Waals surface area contributed by atoms with Crippen LogP contribution in [-0.2, 0) is 6.54 Å². The molecule has 1 aromatic carbocycles. The van der Waals surface area contributed by atoms with Crippen molar-refractivity contribution in [1.29, 1.82) is 0 Å². The number of nitrogens with zero attached hydrogens (tertiary/aromatic N) is 1. The monoisotopic (exact) mass is 311 g/mol. The molecule has 0 unspecified atom stereocenters. The van der Waals surface area contributed by atoms with E-state index in [-0.39, 0.29) is 5.91 Å². The van der Waals surface area contributed by atoms with E-state index in [9.17, 15) is 4.79 Å². The number of carbonyl (C=O) groups is 1. The molecule has 3 aromatic rings. The Hall–Kier alpha value is -2.33. The van der Waals surface area contributed by atoms with Crippen molar-refractivity contribution in [3.63, 3.8) is 0 Å². The molecule has 3 rings (SSSR count). The van der Waals surface area contributed by atoms with Gasteiger partial charge in [0, 0.05) is 22.4 Å². The lowest BCUT2D eigenvalue weighted by atomic mass is 10.1. The van der Waals surface area contributed by atoms with Crippen molar-refractivity contribution in [1.82, 2.24) is 4.90 Å². The average Bonchev–Trinajstić information content (AvgIpc) is 3.15. The van der Waals surface area contributed by atoms with Crippen molar-refractivity contribution in [2.75, 3.05) is 6.54 Å². The highest BCUT2D eigenvalue weighted by molar-refractivity contribution is 7.09. The molecular formula is C18H17NO2S. The Balaban J connectivity index is 1.94. The highest BCUT2D eigenvalue weighted by atomic mass is 32.1. The van der Waals surface area contributed by atoms with E-state index in [1.165, 1.54) is 0 Å². The van der Waals surface area contributed by atoms with Gasteiger partial charge in [-0.05, 0) is 24.4 Å². The van der Waals surface area contributed by atoms with Crippen LogP contribution in [0.4, 0.5) is 0 Å². The van der Waals surface area contributed by atoms with Gasteiger partial charge in [-0.25, -0.2) is 0 Å². The molecule has 0 bridgehead atoms. The third kappa shape index (κ3) is 2.70. The van der Waals surface area contributed by atoms with Gasteiger partial charge in [-0.3, -0.25) is 4.79 Å². The Labute approximate surface area is 133 Å². The van der Waals surface area contributed by atoms with E-state index in [1.54, 1.807) is 22.3 Å². The SMILES string of the molecule is C=CCN(Cc1cccs1)C(=O)c1oc2ccccc2c1C. The number of aryl methyl sites for hydroxylation is 1. The highest BCUT2D eigenvalue weighted by Gasteiger charge is 2.22. The molecule has 0 saturated heterocycles. The quantitative estimate of drug-likeness (QED) is 0.644. The highest BCUT2D eigenvalue weighted by Crippen LogP contribution is 2.26. The van der Waals surface area contributed by atoms with Gasteiger partial charge in [0.25, 0.3) is 5.91 Å². The summed E-state index contributed by atoms with van der Waals surface area (Å²) in [6.07, 6.45) is 1.74. The van der Waals surface area contributed by atoms with Crippen LogP contribution in [0.15, 0.2) is 58.9 Å². The van der Waals surface area contributed by atoms with Crippen LogP contribution >= 0.6 is 11.3 Å². The largest absolute Gasteiger partial charge is 0.451 e. The zero-order valence-corrected chi connectivity index (χ0v) is 13.2. The van der Waals surface area contributed by atoms with E-state index in [1.807, 2.05) is 48.7 Å². The van der Waals surface area contributed by atoms with Gasteiger partial charge in [0.2, 0.25) is 0 Å². The molecule has 0 fully saturated rings. The Morgan fingerprint density at radius 1 is 1.32 bits per heavy atom. The molecule has 22 heavy (non-hydrogen) atoms. The molecule has 0 spiro atoms. The molecule has 4 heteroatoms. The maximum absolute atomic E-state index is 12.8. The predicted molar refractivity (Wildman–Crippen MR) is 90.2 cm³/mol. The van der Waals surface area contributed by atoms with Crippen molar-refractivity contribution in [2.24, 2.45) is 0 Å². The van der Waals surface area contributed by atoms with Crippen LogP contribution < -0.4 is 0 Å². The van der Waals surface area contributed by atoms with E-state index >= 15 is 0 Å². The second kappa shape index (κ2) is 6.20. The van der Waals surface area contributed by atoms with Crippen LogP contribution in [0.3, 0.4) is 0 Å². The normalized spacial score (nSPS) is 10.8. The zero-order valence-electron chi connectivity index (χ0n) is 12.4. The number of thiophene rings is 1. The van der Waals surface area contributed by atoms with Gasteiger partial charge in [-0.1, -0.05) is 30.3 Å². The summed E-state index contributed by atoms with van der Waals surface area (Å²) in [6.45, 7) is 6.74. The molecule has 2 aromatic heterocycles. The lowest BCUT2D eigenvalue weighted by Crippen LogP contribution is -2.30. The van der Waals surface area contributed by atoms with Gasteiger partial charge in [-0.15, -0.1) is 17.9 Å². The minimum atomic E-state index is -0.0954. The summed E-state index contributed by atoms with van der Waals surface area (Å²) in [5.74, 6) is 0.321. The van der Waals surface area contributed by atoms with E-state index in [0.29, 0.717) is 18.8 Å². The third-order valence-electron chi connectivity index (χ3n) is 3.60. The maximum atomic E-state index is 12.8. The second-order valence-corrected chi connectivity index (χ2v) is 6.14. The summed E-state index contributed by atoms with van der Waals surface area (Å²) in [7, 11) is 0. The Morgan fingerprint density at radius 3 is 2.82 bits per heavy atom. The molecular weight excluding hydrogens is 294 g/mol. The number of fused-ring (bicyclic) bond motifs is 1. The van der Waals surface area contributed by atoms with E-state index in [4.69, 9.17) is 4.42 Å². The van der Waals surface area contributed by atoms with Crippen molar-refractivity contribution in [3.05, 3.63) is 70.6 Å². The Kier molecular flexibility index (Phi) is 4.11. The summed E-state index contributed by atoms with van der Waals surface area (Å²) < 4.78 is 5.78. The van der Waals surface area contributed by atoms with Crippen molar-refractivity contribution in [3.8, 4) is 0 Å². The number of rotatable bonds is 5. The lowest BCUT2D eigenvalue weighted by molar-refractivity contribution is 0.0733. The number of amides is 1. The molecule has 0 aliphatic rings. The van der Waals surface area contributed by atoms with Crippen LogP contribution in [0.5, 0.6) is 0 Å². The molecule has 112 valence electrons. The van der Waals surface area contributed by atoms with Gasteiger partial charge in [-0.2, -0.15) is 0 Å². The van der Waals surface area contributed by atoms with Crippen LogP contribution in [0, 0.1) is 6.92 Å². The first kappa shape index (κ1) is 14.6. The van der Waals surface area contributed by atoms with Gasteiger partial charge >= 0.3 is 0 Å². The van der Waals surface area contributed by atoms with Gasteiger partial charge < -0.3 is 9.32 Å². The molecule has 2 heterocycles. The number of hydrogen-bond acceptors (Lipinski definition) is 3. The number of hydrogen-bond donors (Lipinski definition) is 0. The predicted octanol–water partition coefficient (Wildman–Crippen LogP) is 4.63. The second-order valence-electron chi connectivity index (χ2n) is 5.11. The zero-order chi connectivity index (χ0) is 15.5. The standard InChI is InChI=1S/C18H17NO2S/c1-3-10-19(12-14-7-6-11-22-14)18(20)17-13(2)15-8-4-5-9-16(15)21-17/h3-9,11H,1,10,12H2,2H3. The Morgan fingerprint density at radius 2 is 2.14 bits per heavy atom. The summed E-state index contributed by atoms with van der Waals surface area (Å²) in [5.41, 5.74) is 1.64. The fraction of sp³-hybridized carbons (Fsp3) is 0.167. The molecule has 0 N–H and O–H groups in total. The fourth-order valence-corrected chi connectivity index (χ4v) is 3.21. The van der Waals surface area contributed by atoms with Crippen LogP contribution in [0.2, 0.25) is 0 Å². The third-order valence-corrected chi connectivity index (χ3v) is 4.46. The summed E-state index contributed by atoms with van der Waals surface area (Å²) in [6, 6.07) is 11.7. The topological polar surface area (TPSA) is 33.5 Å². The Bertz CT molecular complexity index is 802. The molecule has 0 saturated carbocycles. The van der Waals surface area contributed by atoms with Crippen molar-refractivity contribution in [2.45, 2.75) is 13.5 Å². The number of furan rings is 1. The summed E-state index contributed by atoms with van der Waals surface area (Å²) in [4.78, 5) is 15.7. The van der Waals surface area contributed by atoms with Crippen molar-refractivity contribution < 1.29 is 9.21 Å². The number of carbonyl (C=O) groups excluding carboxylic acids is 1. The summed E-state index contributed by atoms with van der Waals surface area (Å²) in [5, 5.41) is 3.00. The molecule has 0 aliphatic heterocycles. The minimum Gasteiger partial charge on any atom is -0.451 e. The average molecular weight is 311 g/mol. The fourth-order valence-electron chi connectivity index (χ4n) is 2.49. The van der Waals surface area contributed by atoms with E-state index < -0.39 is 0 Å². The maximum Gasteiger partial charge on any atom is 0.290 e. The number of benzene rings is 1. The molecule has 0 aliphatic carbocycles. The van der Waals surface area contributed by atoms with Gasteiger partial charge in [0.1, 0.15) is 5.58 Å². The first-order valence-electron chi connectivity index (χ1n) is 7.11. The number of para-hydroxylation sites is 1. The van der Waals surface area contributed by atoms with Crippen molar-refractivity contribution >= 4 is 28.2 Å². The molecule has 0 radical (unpaired) electrons.